The first-order valence-corrected chi connectivity index (χ1v) is 10.9. The fraction of sp³-hybridized carbons (Fsp3) is 0.542. The molecule has 1 aromatic heterocycles. The van der Waals surface area contributed by atoms with Gasteiger partial charge in [-0.15, -0.1) is 0 Å². The summed E-state index contributed by atoms with van der Waals surface area (Å²) >= 11 is 0. The molecule has 0 unspecified atom stereocenters. The second-order valence-corrected chi connectivity index (χ2v) is 9.79. The van der Waals surface area contributed by atoms with Crippen molar-refractivity contribution in [1.29, 1.82) is 0 Å². The molecule has 0 aliphatic rings. The van der Waals surface area contributed by atoms with Gasteiger partial charge in [0.2, 0.25) is 5.91 Å². The number of carbonyl (C=O) groups excluding carboxylic acids is 2. The summed E-state index contributed by atoms with van der Waals surface area (Å²) in [6.07, 6.45) is 0.890. The molecule has 0 aliphatic carbocycles. The van der Waals surface area contributed by atoms with Crippen molar-refractivity contribution in [2.75, 3.05) is 23.7 Å². The van der Waals surface area contributed by atoms with Crippen molar-refractivity contribution < 1.29 is 9.59 Å². The molecule has 0 radical (unpaired) electrons. The van der Waals surface area contributed by atoms with Gasteiger partial charge < -0.3 is 15.5 Å². The number of nitrogens with one attached hydrogen (secondary N) is 2. The smallest absolute Gasteiger partial charge is 0.315 e. The van der Waals surface area contributed by atoms with Crippen LogP contribution in [0.4, 0.5) is 16.3 Å². The number of urea groups is 1. The highest BCUT2D eigenvalue weighted by Gasteiger charge is 2.26. The number of hydrogen-bond acceptors (Lipinski definition) is 3. The molecule has 31 heavy (non-hydrogen) atoms. The van der Waals surface area contributed by atoms with Crippen LogP contribution in [0.3, 0.4) is 0 Å². The Morgan fingerprint density at radius 3 is 2.26 bits per heavy atom. The number of amides is 3. The van der Waals surface area contributed by atoms with Gasteiger partial charge in [-0.1, -0.05) is 39.8 Å². The van der Waals surface area contributed by atoms with E-state index in [1.54, 1.807) is 0 Å². The molecular formula is C24H37N5O2. The van der Waals surface area contributed by atoms with E-state index in [1.165, 1.54) is 4.90 Å². The van der Waals surface area contributed by atoms with Gasteiger partial charge in [0.15, 0.2) is 0 Å². The molecule has 1 heterocycles. The molecule has 0 aliphatic heterocycles. The largest absolute Gasteiger partial charge is 0.322 e. The highest BCUT2D eigenvalue weighted by molar-refractivity contribution is 5.96. The number of benzene rings is 1. The van der Waals surface area contributed by atoms with E-state index in [4.69, 9.17) is 5.10 Å². The van der Waals surface area contributed by atoms with Crippen molar-refractivity contribution >= 4 is 23.4 Å². The summed E-state index contributed by atoms with van der Waals surface area (Å²) in [4.78, 5) is 27.0. The topological polar surface area (TPSA) is 79.3 Å². The molecule has 170 valence electrons. The number of hydrogen-bond donors (Lipinski definition) is 2. The predicted molar refractivity (Wildman–Crippen MR) is 127 cm³/mol. The van der Waals surface area contributed by atoms with Gasteiger partial charge in [-0.3, -0.25) is 4.79 Å². The summed E-state index contributed by atoms with van der Waals surface area (Å²) in [6, 6.07) is 9.34. The van der Waals surface area contributed by atoms with Crippen molar-refractivity contribution in [3.05, 3.63) is 41.6 Å². The summed E-state index contributed by atoms with van der Waals surface area (Å²) in [7, 11) is 0. The van der Waals surface area contributed by atoms with Gasteiger partial charge in [0.25, 0.3) is 0 Å². The summed E-state index contributed by atoms with van der Waals surface area (Å²) in [5, 5.41) is 10.6. The second-order valence-electron chi connectivity index (χ2n) is 9.79. The second kappa shape index (κ2) is 9.54. The number of carbonyl (C=O) groups is 2. The van der Waals surface area contributed by atoms with Crippen molar-refractivity contribution in [2.24, 2.45) is 0 Å². The molecule has 2 N–H and O–H groups in total. The van der Waals surface area contributed by atoms with E-state index in [1.807, 2.05) is 62.7 Å². The van der Waals surface area contributed by atoms with Gasteiger partial charge in [-0.05, 0) is 51.8 Å². The molecule has 2 rings (SSSR count). The number of nitrogens with zero attached hydrogens (tertiary/aromatic N) is 3. The maximum Gasteiger partial charge on any atom is 0.322 e. The first-order valence-electron chi connectivity index (χ1n) is 10.9. The number of aryl methyl sites for hydroxylation is 1. The highest BCUT2D eigenvalue weighted by atomic mass is 16.2. The molecule has 3 amide bonds. The standard InChI is InChI=1S/C24H37N5O2/c1-9-17-12-11-13-18(14-17)25-22(31)28(10-2)16-21(30)26-20-15-19(23(3,4)5)27-29(20)24(6,7)8/h11-15H,9-10,16H2,1-8H3,(H,25,31)(H,26,30). The summed E-state index contributed by atoms with van der Waals surface area (Å²) in [5.74, 6) is 0.375. The van der Waals surface area contributed by atoms with E-state index in [0.29, 0.717) is 12.4 Å². The van der Waals surface area contributed by atoms with E-state index >= 15 is 0 Å². The Labute approximate surface area is 186 Å². The van der Waals surface area contributed by atoms with Crippen LogP contribution in [0.1, 0.15) is 66.6 Å². The minimum atomic E-state index is -0.300. The maximum atomic E-state index is 12.8. The lowest BCUT2D eigenvalue weighted by Crippen LogP contribution is -2.41. The molecule has 2 aromatic rings. The van der Waals surface area contributed by atoms with E-state index in [0.717, 1.165) is 23.4 Å². The Bertz CT molecular complexity index is 919. The van der Waals surface area contributed by atoms with Crippen LogP contribution in [0.25, 0.3) is 0 Å². The molecule has 0 atom stereocenters. The van der Waals surface area contributed by atoms with Crippen molar-refractivity contribution in [3.8, 4) is 0 Å². The fourth-order valence-corrected chi connectivity index (χ4v) is 3.10. The molecule has 0 saturated heterocycles. The normalized spacial score (nSPS) is 11.9. The molecule has 0 fully saturated rings. The Balaban J connectivity index is 2.12. The molecule has 0 bridgehead atoms. The molecular weight excluding hydrogens is 390 g/mol. The summed E-state index contributed by atoms with van der Waals surface area (Å²) in [6.45, 7) is 16.7. The average molecular weight is 428 g/mol. The SMILES string of the molecule is CCc1cccc(NC(=O)N(CC)CC(=O)Nc2cc(C(C)(C)C)nn2C(C)(C)C)c1. The number of rotatable bonds is 6. The Hall–Kier alpha value is -2.83. The number of likely N-dealkylation sites (N-methyl/N-ethyl adjacent to an activating group) is 1. The van der Waals surface area contributed by atoms with Crippen LogP contribution < -0.4 is 10.6 Å². The summed E-state index contributed by atoms with van der Waals surface area (Å²) < 4.78 is 1.83. The van der Waals surface area contributed by atoms with E-state index < -0.39 is 0 Å². The van der Waals surface area contributed by atoms with Gasteiger partial charge in [0.05, 0.1) is 11.2 Å². The maximum absolute atomic E-state index is 12.8. The van der Waals surface area contributed by atoms with Crippen LogP contribution >= 0.6 is 0 Å². The minimum absolute atomic E-state index is 0.0457. The van der Waals surface area contributed by atoms with E-state index in [-0.39, 0.29) is 29.4 Å². The number of anilines is 2. The third kappa shape index (κ3) is 6.57. The number of aromatic nitrogens is 2. The molecule has 7 heteroatoms. The van der Waals surface area contributed by atoms with Crippen LogP contribution in [-0.4, -0.2) is 39.7 Å². The zero-order valence-electron chi connectivity index (χ0n) is 20.2. The quantitative estimate of drug-likeness (QED) is 0.681. The van der Waals surface area contributed by atoms with Crippen LogP contribution in [0.5, 0.6) is 0 Å². The monoisotopic (exact) mass is 427 g/mol. The molecule has 7 nitrogen and oxygen atoms in total. The Morgan fingerprint density at radius 2 is 1.71 bits per heavy atom. The van der Waals surface area contributed by atoms with Crippen LogP contribution in [0.15, 0.2) is 30.3 Å². The first-order chi connectivity index (χ1) is 14.3. The van der Waals surface area contributed by atoms with Crippen LogP contribution in [0, 0.1) is 0 Å². The van der Waals surface area contributed by atoms with Gasteiger partial charge in [0, 0.05) is 23.7 Å². The zero-order valence-corrected chi connectivity index (χ0v) is 20.2. The Morgan fingerprint density at radius 1 is 1.03 bits per heavy atom. The molecule has 0 saturated carbocycles. The van der Waals surface area contributed by atoms with Gasteiger partial charge in [-0.2, -0.15) is 5.10 Å². The highest BCUT2D eigenvalue weighted by Crippen LogP contribution is 2.28. The average Bonchev–Trinajstić information content (AvgIpc) is 3.10. The van der Waals surface area contributed by atoms with Crippen molar-refractivity contribution in [3.63, 3.8) is 0 Å². The molecule has 0 spiro atoms. The third-order valence-electron chi connectivity index (χ3n) is 4.97. The zero-order chi connectivity index (χ0) is 23.4. The van der Waals surface area contributed by atoms with Gasteiger partial charge in [-0.25, -0.2) is 9.48 Å². The molecule has 1 aromatic carbocycles. The lowest BCUT2D eigenvalue weighted by atomic mass is 9.92. The van der Waals surface area contributed by atoms with Crippen LogP contribution in [-0.2, 0) is 22.2 Å². The van der Waals surface area contributed by atoms with E-state index in [2.05, 4.69) is 38.3 Å². The van der Waals surface area contributed by atoms with Gasteiger partial charge in [0.1, 0.15) is 12.4 Å². The Kier molecular flexibility index (Phi) is 7.52. The lowest BCUT2D eigenvalue weighted by molar-refractivity contribution is -0.116. The predicted octanol–water partition coefficient (Wildman–Crippen LogP) is 4.99. The van der Waals surface area contributed by atoms with Crippen molar-refractivity contribution in [1.82, 2.24) is 14.7 Å². The minimum Gasteiger partial charge on any atom is -0.315 e. The fourth-order valence-electron chi connectivity index (χ4n) is 3.10. The third-order valence-corrected chi connectivity index (χ3v) is 4.97. The summed E-state index contributed by atoms with van der Waals surface area (Å²) in [5.41, 5.74) is 2.34. The van der Waals surface area contributed by atoms with Gasteiger partial charge >= 0.3 is 6.03 Å². The lowest BCUT2D eigenvalue weighted by Gasteiger charge is -2.24. The van der Waals surface area contributed by atoms with E-state index in [9.17, 15) is 9.59 Å². The first kappa shape index (κ1) is 24.4. The van der Waals surface area contributed by atoms with Crippen LogP contribution in [0.2, 0.25) is 0 Å². The van der Waals surface area contributed by atoms with Crippen molar-refractivity contribution in [2.45, 2.75) is 72.8 Å².